The van der Waals surface area contributed by atoms with Gasteiger partial charge in [0.05, 0.1) is 17.4 Å². The minimum Gasteiger partial charge on any atom is -0.355 e. The highest BCUT2D eigenvalue weighted by atomic mass is 19.1. The molecule has 1 N–H and O–H groups in total. The van der Waals surface area contributed by atoms with Crippen molar-refractivity contribution < 1.29 is 9.18 Å². The number of hydrogen-bond acceptors (Lipinski definition) is 5. The van der Waals surface area contributed by atoms with E-state index in [1.807, 2.05) is 18.3 Å². The predicted octanol–water partition coefficient (Wildman–Crippen LogP) is 3.58. The van der Waals surface area contributed by atoms with Crippen LogP contribution < -0.4 is 10.2 Å². The van der Waals surface area contributed by atoms with E-state index in [0.29, 0.717) is 5.69 Å². The summed E-state index contributed by atoms with van der Waals surface area (Å²) < 4.78 is 13.8. The highest BCUT2D eigenvalue weighted by Gasteiger charge is 2.17. The zero-order valence-corrected chi connectivity index (χ0v) is 16.7. The Morgan fingerprint density at radius 1 is 1.00 bits per heavy atom. The van der Waals surface area contributed by atoms with Crippen molar-refractivity contribution in [2.45, 2.75) is 13.0 Å². The van der Waals surface area contributed by atoms with Gasteiger partial charge in [-0.25, -0.2) is 9.37 Å². The summed E-state index contributed by atoms with van der Waals surface area (Å²) in [5.74, 6) is -0.148. The minimum absolute atomic E-state index is 0.0165. The van der Waals surface area contributed by atoms with Gasteiger partial charge in [0, 0.05) is 45.1 Å². The molecule has 0 unspecified atom stereocenters. The van der Waals surface area contributed by atoms with Crippen molar-refractivity contribution in [3.8, 4) is 0 Å². The molecule has 0 aliphatic carbocycles. The van der Waals surface area contributed by atoms with E-state index in [9.17, 15) is 9.18 Å². The highest BCUT2D eigenvalue weighted by molar-refractivity contribution is 6.04. The van der Waals surface area contributed by atoms with Crippen LogP contribution in [0.25, 0.3) is 0 Å². The van der Waals surface area contributed by atoms with Crippen molar-refractivity contribution in [1.82, 2.24) is 14.9 Å². The van der Waals surface area contributed by atoms with Gasteiger partial charge in [-0.15, -0.1) is 0 Å². The molecule has 0 atom stereocenters. The fraction of sp³-hybridized carbons (Fsp3) is 0.261. The van der Waals surface area contributed by atoms with Gasteiger partial charge < -0.3 is 10.2 Å². The molecule has 1 aliphatic heterocycles. The number of halogens is 1. The summed E-state index contributed by atoms with van der Waals surface area (Å²) in [4.78, 5) is 25.6. The first-order valence-electron chi connectivity index (χ1n) is 10.1. The van der Waals surface area contributed by atoms with Gasteiger partial charge >= 0.3 is 0 Å². The molecule has 0 spiro atoms. The Kier molecular flexibility index (Phi) is 6.29. The Morgan fingerprint density at radius 2 is 1.90 bits per heavy atom. The third-order valence-corrected chi connectivity index (χ3v) is 5.17. The largest absolute Gasteiger partial charge is 0.355 e. The second kappa shape index (κ2) is 9.45. The zero-order valence-electron chi connectivity index (χ0n) is 16.7. The average molecular weight is 405 g/mol. The number of amides is 1. The number of carbonyl (C=O) groups is 1. The number of carbonyl (C=O) groups excluding carboxylic acids is 1. The molecule has 154 valence electrons. The number of pyridine rings is 2. The molecule has 6 nitrogen and oxygen atoms in total. The summed E-state index contributed by atoms with van der Waals surface area (Å²) >= 11 is 0. The molecule has 7 heteroatoms. The third kappa shape index (κ3) is 4.99. The lowest BCUT2D eigenvalue weighted by Crippen LogP contribution is -2.31. The van der Waals surface area contributed by atoms with Gasteiger partial charge in [0.2, 0.25) is 0 Å². The van der Waals surface area contributed by atoms with E-state index in [-0.39, 0.29) is 5.56 Å². The second-order valence-electron chi connectivity index (χ2n) is 7.32. The van der Waals surface area contributed by atoms with Crippen molar-refractivity contribution in [2.24, 2.45) is 0 Å². The van der Waals surface area contributed by atoms with Crippen LogP contribution in [0.5, 0.6) is 0 Å². The Morgan fingerprint density at radius 3 is 2.67 bits per heavy atom. The molecule has 0 radical (unpaired) electrons. The molecular weight excluding hydrogens is 381 g/mol. The molecule has 1 saturated heterocycles. The molecule has 3 aromatic rings. The fourth-order valence-electron chi connectivity index (χ4n) is 3.60. The molecule has 1 fully saturated rings. The van der Waals surface area contributed by atoms with E-state index >= 15 is 0 Å². The van der Waals surface area contributed by atoms with Crippen molar-refractivity contribution in [2.75, 3.05) is 36.4 Å². The molecule has 2 aromatic heterocycles. The van der Waals surface area contributed by atoms with Gasteiger partial charge in [-0.05, 0) is 42.3 Å². The summed E-state index contributed by atoms with van der Waals surface area (Å²) in [6.07, 6.45) is 6.38. The number of nitrogens with zero attached hydrogens (tertiary/aromatic N) is 4. The van der Waals surface area contributed by atoms with Gasteiger partial charge in [-0.2, -0.15) is 0 Å². The van der Waals surface area contributed by atoms with Crippen LogP contribution in [0.1, 0.15) is 22.3 Å². The molecule has 1 aromatic carbocycles. The summed E-state index contributed by atoms with van der Waals surface area (Å²) in [5.41, 5.74) is 1.78. The summed E-state index contributed by atoms with van der Waals surface area (Å²) in [7, 11) is 0. The first kappa shape index (κ1) is 20.0. The number of rotatable bonds is 5. The second-order valence-corrected chi connectivity index (χ2v) is 7.32. The molecule has 0 saturated carbocycles. The van der Waals surface area contributed by atoms with Crippen molar-refractivity contribution in [3.63, 3.8) is 0 Å². The lowest BCUT2D eigenvalue weighted by molar-refractivity contribution is 0.102. The monoisotopic (exact) mass is 405 g/mol. The SMILES string of the molecule is O=C(Nc1ccc(N2CCCN(Cc3cccnc3)CC2)nc1)c1ccccc1F. The Balaban J connectivity index is 1.35. The Hall–Kier alpha value is -3.32. The normalized spacial score (nSPS) is 14.9. The maximum atomic E-state index is 13.8. The quantitative estimate of drug-likeness (QED) is 0.703. The maximum Gasteiger partial charge on any atom is 0.258 e. The summed E-state index contributed by atoms with van der Waals surface area (Å²) in [6.45, 7) is 4.69. The standard InChI is InChI=1S/C23H24FN5O/c24-21-7-2-1-6-20(21)23(30)27-19-8-9-22(26-16-19)29-12-4-11-28(13-14-29)17-18-5-3-10-25-15-18/h1-3,5-10,15-16H,4,11-14,17H2,(H,27,30). The fourth-order valence-corrected chi connectivity index (χ4v) is 3.60. The number of nitrogens with one attached hydrogen (secondary N) is 1. The van der Waals surface area contributed by atoms with E-state index in [4.69, 9.17) is 0 Å². The van der Waals surface area contributed by atoms with E-state index in [0.717, 1.165) is 45.0 Å². The lowest BCUT2D eigenvalue weighted by atomic mass is 10.2. The van der Waals surface area contributed by atoms with Crippen molar-refractivity contribution in [3.05, 3.63) is 84.1 Å². The van der Waals surface area contributed by atoms with Gasteiger partial charge in [0.15, 0.2) is 0 Å². The minimum atomic E-state index is -0.542. The van der Waals surface area contributed by atoms with E-state index in [1.54, 1.807) is 30.6 Å². The van der Waals surface area contributed by atoms with E-state index < -0.39 is 11.7 Å². The predicted molar refractivity (Wildman–Crippen MR) is 115 cm³/mol. The van der Waals surface area contributed by atoms with Gasteiger partial charge in [-0.3, -0.25) is 14.7 Å². The van der Waals surface area contributed by atoms with Gasteiger partial charge in [0.25, 0.3) is 5.91 Å². The van der Waals surface area contributed by atoms with Crippen LogP contribution in [0, 0.1) is 5.82 Å². The summed E-state index contributed by atoms with van der Waals surface area (Å²) in [6, 6.07) is 13.7. The van der Waals surface area contributed by atoms with Crippen LogP contribution in [-0.4, -0.2) is 47.0 Å². The number of aromatic nitrogens is 2. The molecular formula is C23H24FN5O. The van der Waals surface area contributed by atoms with Crippen LogP contribution in [0.15, 0.2) is 67.1 Å². The molecule has 0 bridgehead atoms. The smallest absolute Gasteiger partial charge is 0.258 e. The maximum absolute atomic E-state index is 13.8. The molecule has 4 rings (SSSR count). The number of anilines is 2. The summed E-state index contributed by atoms with van der Waals surface area (Å²) in [5, 5.41) is 2.70. The van der Waals surface area contributed by atoms with Crippen LogP contribution in [0.2, 0.25) is 0 Å². The van der Waals surface area contributed by atoms with Gasteiger partial charge in [0.1, 0.15) is 11.6 Å². The average Bonchev–Trinajstić information content (AvgIpc) is 3.01. The molecule has 30 heavy (non-hydrogen) atoms. The first-order valence-corrected chi connectivity index (χ1v) is 10.1. The van der Waals surface area contributed by atoms with E-state index in [1.165, 1.54) is 17.7 Å². The molecule has 1 amide bonds. The van der Waals surface area contributed by atoms with Crippen LogP contribution in [0.4, 0.5) is 15.9 Å². The van der Waals surface area contributed by atoms with E-state index in [2.05, 4.69) is 31.2 Å². The van der Waals surface area contributed by atoms with Crippen molar-refractivity contribution in [1.29, 1.82) is 0 Å². The van der Waals surface area contributed by atoms with Gasteiger partial charge in [-0.1, -0.05) is 18.2 Å². The lowest BCUT2D eigenvalue weighted by Gasteiger charge is -2.23. The number of benzene rings is 1. The number of hydrogen-bond donors (Lipinski definition) is 1. The Bertz CT molecular complexity index is 980. The first-order chi connectivity index (χ1) is 14.7. The Labute approximate surface area is 175 Å². The van der Waals surface area contributed by atoms with Crippen LogP contribution in [-0.2, 0) is 6.54 Å². The highest BCUT2D eigenvalue weighted by Crippen LogP contribution is 2.18. The molecule has 3 heterocycles. The third-order valence-electron chi connectivity index (χ3n) is 5.17. The topological polar surface area (TPSA) is 61.4 Å². The van der Waals surface area contributed by atoms with Crippen molar-refractivity contribution >= 4 is 17.4 Å². The van der Waals surface area contributed by atoms with Crippen LogP contribution >= 0.6 is 0 Å². The van der Waals surface area contributed by atoms with Crippen LogP contribution in [0.3, 0.4) is 0 Å². The molecule has 1 aliphatic rings. The zero-order chi connectivity index (χ0) is 20.8.